The van der Waals surface area contributed by atoms with Gasteiger partial charge in [0.25, 0.3) is 0 Å². The average molecular weight is 512 g/mol. The van der Waals surface area contributed by atoms with Crippen LogP contribution >= 0.6 is 11.6 Å². The molecule has 0 unspecified atom stereocenters. The third-order valence-electron chi connectivity index (χ3n) is 6.12. The number of ether oxygens (including phenoxy) is 1. The second kappa shape index (κ2) is 12.1. The second-order valence-corrected chi connectivity index (χ2v) is 9.72. The number of hydrogen-bond donors (Lipinski definition) is 2. The Morgan fingerprint density at radius 1 is 1.19 bits per heavy atom. The molecular formula is C27H31ClFN5O2. The first-order valence-electron chi connectivity index (χ1n) is 12.1. The van der Waals surface area contributed by atoms with Gasteiger partial charge in [0.05, 0.1) is 22.8 Å². The van der Waals surface area contributed by atoms with Crippen molar-refractivity contribution < 1.29 is 13.9 Å². The summed E-state index contributed by atoms with van der Waals surface area (Å²) in [5.41, 5.74) is 1.77. The minimum absolute atomic E-state index is 0.00854. The molecule has 1 fully saturated rings. The summed E-state index contributed by atoms with van der Waals surface area (Å²) in [6.45, 7) is 1.24. The number of carbonyl (C=O) groups is 1. The Hall–Kier alpha value is -3.23. The predicted octanol–water partition coefficient (Wildman–Crippen LogP) is 6.18. The lowest BCUT2D eigenvalue weighted by Crippen LogP contribution is -2.17. The van der Waals surface area contributed by atoms with Gasteiger partial charge in [-0.1, -0.05) is 36.9 Å². The maximum atomic E-state index is 13.6. The lowest BCUT2D eigenvalue weighted by molar-refractivity contribution is -0.111. The van der Waals surface area contributed by atoms with Gasteiger partial charge < -0.3 is 20.3 Å². The van der Waals surface area contributed by atoms with E-state index in [0.717, 1.165) is 12.8 Å². The number of hydrogen-bond acceptors (Lipinski definition) is 6. The molecule has 0 bridgehead atoms. The van der Waals surface area contributed by atoms with E-state index in [9.17, 15) is 9.18 Å². The highest BCUT2D eigenvalue weighted by molar-refractivity contribution is 6.31. The Morgan fingerprint density at radius 3 is 2.75 bits per heavy atom. The zero-order chi connectivity index (χ0) is 25.5. The molecule has 0 spiro atoms. The number of carbonyl (C=O) groups excluding carboxylic acids is 1. The van der Waals surface area contributed by atoms with Crippen molar-refractivity contribution in [1.82, 2.24) is 14.9 Å². The Bertz CT molecular complexity index is 1240. The molecule has 36 heavy (non-hydrogen) atoms. The number of nitrogens with one attached hydrogen (secondary N) is 2. The third-order valence-corrected chi connectivity index (χ3v) is 6.41. The summed E-state index contributed by atoms with van der Waals surface area (Å²) in [5, 5.41) is 6.80. The fourth-order valence-electron chi connectivity index (χ4n) is 4.22. The maximum absolute atomic E-state index is 13.6. The third kappa shape index (κ3) is 6.92. The van der Waals surface area contributed by atoms with Gasteiger partial charge >= 0.3 is 0 Å². The predicted molar refractivity (Wildman–Crippen MR) is 143 cm³/mol. The fraction of sp³-hybridized carbons (Fsp3) is 0.370. The van der Waals surface area contributed by atoms with Crippen molar-refractivity contribution in [2.75, 3.05) is 37.9 Å². The van der Waals surface area contributed by atoms with Crippen LogP contribution < -0.4 is 15.4 Å². The highest BCUT2D eigenvalue weighted by Crippen LogP contribution is 2.35. The monoisotopic (exact) mass is 511 g/mol. The Kier molecular flexibility index (Phi) is 8.72. The van der Waals surface area contributed by atoms with Crippen molar-refractivity contribution in [1.29, 1.82) is 0 Å². The molecule has 0 saturated heterocycles. The minimum Gasteiger partial charge on any atom is -0.491 e. The highest BCUT2D eigenvalue weighted by atomic mass is 35.5. The minimum atomic E-state index is -0.498. The molecular weight excluding hydrogens is 481 g/mol. The lowest BCUT2D eigenvalue weighted by Gasteiger charge is -2.22. The number of anilines is 3. The molecule has 2 N–H and O–H groups in total. The lowest BCUT2D eigenvalue weighted by atomic mass is 9.90. The molecule has 9 heteroatoms. The molecule has 0 aliphatic heterocycles. The second-order valence-electron chi connectivity index (χ2n) is 9.31. The van der Waals surface area contributed by atoms with Crippen LogP contribution in [0.2, 0.25) is 5.02 Å². The first-order valence-corrected chi connectivity index (χ1v) is 12.5. The molecule has 1 saturated carbocycles. The smallest absolute Gasteiger partial charge is 0.248 e. The molecule has 190 valence electrons. The molecule has 1 aliphatic rings. The number of benzene rings is 2. The quantitative estimate of drug-likeness (QED) is 0.334. The van der Waals surface area contributed by atoms with Crippen molar-refractivity contribution in [2.45, 2.75) is 32.1 Å². The molecule has 0 atom stereocenters. The zero-order valence-electron chi connectivity index (χ0n) is 20.6. The van der Waals surface area contributed by atoms with Crippen LogP contribution in [0.4, 0.5) is 21.6 Å². The van der Waals surface area contributed by atoms with E-state index >= 15 is 0 Å². The normalized spacial score (nSPS) is 14.5. The zero-order valence-corrected chi connectivity index (χ0v) is 21.3. The van der Waals surface area contributed by atoms with Gasteiger partial charge in [0.2, 0.25) is 5.91 Å². The summed E-state index contributed by atoms with van der Waals surface area (Å²) in [6, 6.07) is 7.98. The van der Waals surface area contributed by atoms with Crippen molar-refractivity contribution in [3.05, 3.63) is 59.7 Å². The van der Waals surface area contributed by atoms with Crippen LogP contribution in [-0.2, 0) is 4.79 Å². The van der Waals surface area contributed by atoms with Crippen LogP contribution in [0.15, 0.2) is 48.8 Å². The fourth-order valence-corrected chi connectivity index (χ4v) is 4.40. The van der Waals surface area contributed by atoms with E-state index in [2.05, 4.69) is 20.6 Å². The molecule has 3 aromatic rings. The number of nitrogens with zero attached hydrogens (tertiary/aromatic N) is 3. The number of fused-ring (bicyclic) bond motifs is 1. The first kappa shape index (κ1) is 25.9. The summed E-state index contributed by atoms with van der Waals surface area (Å²) in [7, 11) is 3.87. The first-order chi connectivity index (χ1) is 17.4. The van der Waals surface area contributed by atoms with Gasteiger partial charge in [0, 0.05) is 29.8 Å². The Labute approximate surface area is 215 Å². The molecule has 1 amide bonds. The topological polar surface area (TPSA) is 79.4 Å². The van der Waals surface area contributed by atoms with E-state index in [1.807, 2.05) is 25.1 Å². The number of amides is 1. The SMILES string of the molecule is CN(C)CC=CC(=O)Nc1cc2c(Nc3ccc(F)c(Cl)c3)ncnc2cc1OCC1CCCCC1. The van der Waals surface area contributed by atoms with Crippen LogP contribution in [0.25, 0.3) is 10.9 Å². The van der Waals surface area contributed by atoms with Crippen molar-refractivity contribution >= 4 is 45.6 Å². The van der Waals surface area contributed by atoms with Gasteiger partial charge in [0.1, 0.15) is 23.7 Å². The van der Waals surface area contributed by atoms with Gasteiger partial charge in [-0.05, 0) is 57.1 Å². The average Bonchev–Trinajstić information content (AvgIpc) is 2.86. The summed E-state index contributed by atoms with van der Waals surface area (Å²) < 4.78 is 19.8. The van der Waals surface area contributed by atoms with Crippen molar-refractivity contribution in [3.63, 3.8) is 0 Å². The number of aromatic nitrogens is 2. The van der Waals surface area contributed by atoms with E-state index in [0.29, 0.717) is 52.9 Å². The van der Waals surface area contributed by atoms with E-state index in [4.69, 9.17) is 16.3 Å². The molecule has 1 aromatic heterocycles. The van der Waals surface area contributed by atoms with Crippen molar-refractivity contribution in [2.24, 2.45) is 5.92 Å². The standard InChI is InChI=1S/C27H31ClFN5O2/c1-34(2)12-6-9-26(35)33-24-14-20-23(15-25(24)36-16-18-7-4-3-5-8-18)30-17-31-27(20)32-19-10-11-22(29)21(28)13-19/h6,9-11,13-15,17-18H,3-5,7-8,12,16H2,1-2H3,(H,33,35)(H,30,31,32). The van der Waals surface area contributed by atoms with Gasteiger partial charge in [-0.15, -0.1) is 0 Å². The van der Waals surface area contributed by atoms with E-state index in [1.165, 1.54) is 43.8 Å². The number of halogens is 2. The van der Waals surface area contributed by atoms with E-state index in [1.54, 1.807) is 18.2 Å². The van der Waals surface area contributed by atoms with Gasteiger partial charge in [-0.25, -0.2) is 14.4 Å². The van der Waals surface area contributed by atoms with Crippen molar-refractivity contribution in [3.8, 4) is 5.75 Å². The summed E-state index contributed by atoms with van der Waals surface area (Å²) in [4.78, 5) is 23.4. The molecule has 0 radical (unpaired) electrons. The maximum Gasteiger partial charge on any atom is 0.248 e. The Morgan fingerprint density at radius 2 is 2.00 bits per heavy atom. The van der Waals surface area contributed by atoms with E-state index < -0.39 is 5.82 Å². The highest BCUT2D eigenvalue weighted by Gasteiger charge is 2.17. The molecule has 2 aromatic carbocycles. The Balaban J connectivity index is 1.64. The number of likely N-dealkylation sites (N-methyl/N-ethyl adjacent to an activating group) is 1. The van der Waals surface area contributed by atoms with Crippen LogP contribution in [0.3, 0.4) is 0 Å². The van der Waals surface area contributed by atoms with Gasteiger partial charge in [0.15, 0.2) is 0 Å². The molecule has 1 aliphatic carbocycles. The summed E-state index contributed by atoms with van der Waals surface area (Å²) in [6.07, 6.45) is 10.8. The van der Waals surface area contributed by atoms with E-state index in [-0.39, 0.29) is 10.9 Å². The summed E-state index contributed by atoms with van der Waals surface area (Å²) >= 11 is 5.94. The van der Waals surface area contributed by atoms with Crippen LogP contribution in [0, 0.1) is 11.7 Å². The largest absolute Gasteiger partial charge is 0.491 e. The van der Waals surface area contributed by atoms with Crippen LogP contribution in [0.1, 0.15) is 32.1 Å². The van der Waals surface area contributed by atoms with Crippen LogP contribution in [-0.4, -0.2) is 48.0 Å². The van der Waals surface area contributed by atoms with Gasteiger partial charge in [-0.2, -0.15) is 0 Å². The molecule has 4 rings (SSSR count). The molecule has 7 nitrogen and oxygen atoms in total. The van der Waals surface area contributed by atoms with Crippen LogP contribution in [0.5, 0.6) is 5.75 Å². The number of rotatable bonds is 9. The summed E-state index contributed by atoms with van der Waals surface area (Å²) in [5.74, 6) is 0.818. The van der Waals surface area contributed by atoms with Gasteiger partial charge in [-0.3, -0.25) is 4.79 Å². The molecule has 1 heterocycles.